The van der Waals surface area contributed by atoms with E-state index in [4.69, 9.17) is 10.2 Å². The highest BCUT2D eigenvalue weighted by Gasteiger charge is 2.25. The van der Waals surface area contributed by atoms with Gasteiger partial charge < -0.3 is 25.7 Å². The van der Waals surface area contributed by atoms with E-state index < -0.39 is 18.0 Å². The van der Waals surface area contributed by atoms with E-state index in [0.29, 0.717) is 12.6 Å². The minimum Gasteiger partial charge on any atom is -0.480 e. The molecule has 0 saturated heterocycles. The first-order valence-corrected chi connectivity index (χ1v) is 6.13. The number of hydrogen-bond acceptors (Lipinski definition) is 4. The molecule has 1 aliphatic carbocycles. The van der Waals surface area contributed by atoms with Gasteiger partial charge in [-0.2, -0.15) is 0 Å². The van der Waals surface area contributed by atoms with Gasteiger partial charge in [0.2, 0.25) is 0 Å². The number of aliphatic hydroxyl groups is 1. The summed E-state index contributed by atoms with van der Waals surface area (Å²) in [6.45, 7) is 0.946. The van der Waals surface area contributed by atoms with Gasteiger partial charge >= 0.3 is 12.0 Å². The van der Waals surface area contributed by atoms with Crippen molar-refractivity contribution in [1.29, 1.82) is 0 Å². The fourth-order valence-electron chi connectivity index (χ4n) is 1.64. The van der Waals surface area contributed by atoms with Gasteiger partial charge in [-0.15, -0.1) is 0 Å². The van der Waals surface area contributed by atoms with Crippen LogP contribution in [0.15, 0.2) is 0 Å². The monoisotopic (exact) mass is 259 g/mol. The lowest BCUT2D eigenvalue weighted by Gasteiger charge is -2.17. The normalized spacial score (nSPS) is 16.4. The van der Waals surface area contributed by atoms with Crippen LogP contribution in [0.1, 0.15) is 19.3 Å². The molecular formula is C11H21N3O4. The number of rotatable bonds is 8. The lowest BCUT2D eigenvalue weighted by molar-refractivity contribution is -0.139. The number of amides is 2. The van der Waals surface area contributed by atoms with E-state index >= 15 is 0 Å². The maximum absolute atomic E-state index is 11.4. The summed E-state index contributed by atoms with van der Waals surface area (Å²) in [5.41, 5.74) is 0. The highest BCUT2D eigenvalue weighted by atomic mass is 16.4. The van der Waals surface area contributed by atoms with Gasteiger partial charge in [-0.05, 0) is 19.9 Å². The largest absolute Gasteiger partial charge is 0.480 e. The van der Waals surface area contributed by atoms with Crippen molar-refractivity contribution in [3.8, 4) is 0 Å². The molecule has 1 rings (SSSR count). The van der Waals surface area contributed by atoms with Crippen LogP contribution in [0.3, 0.4) is 0 Å². The van der Waals surface area contributed by atoms with Crippen LogP contribution in [0.25, 0.3) is 0 Å². The highest BCUT2D eigenvalue weighted by molar-refractivity contribution is 5.82. The number of likely N-dealkylation sites (N-methyl/N-ethyl adjacent to an activating group) is 1. The van der Waals surface area contributed by atoms with E-state index in [9.17, 15) is 9.59 Å². The lowest BCUT2D eigenvalue weighted by Crippen LogP contribution is -2.47. The van der Waals surface area contributed by atoms with Gasteiger partial charge in [-0.25, -0.2) is 9.59 Å². The van der Waals surface area contributed by atoms with Gasteiger partial charge in [0, 0.05) is 32.2 Å². The number of aliphatic carboxylic acids is 1. The first-order valence-electron chi connectivity index (χ1n) is 6.13. The maximum Gasteiger partial charge on any atom is 0.326 e. The van der Waals surface area contributed by atoms with Gasteiger partial charge in [-0.3, -0.25) is 0 Å². The summed E-state index contributed by atoms with van der Waals surface area (Å²) < 4.78 is 0. The Balaban J connectivity index is 2.16. The van der Waals surface area contributed by atoms with Crippen molar-refractivity contribution in [3.05, 3.63) is 0 Å². The predicted molar refractivity (Wildman–Crippen MR) is 65.3 cm³/mol. The zero-order valence-corrected chi connectivity index (χ0v) is 10.6. The predicted octanol–water partition coefficient (Wildman–Crippen LogP) is -0.785. The average Bonchev–Trinajstić information content (AvgIpc) is 3.11. The van der Waals surface area contributed by atoms with Crippen LogP contribution in [0.5, 0.6) is 0 Å². The van der Waals surface area contributed by atoms with E-state index in [0.717, 1.165) is 6.54 Å². The summed E-state index contributed by atoms with van der Waals surface area (Å²) in [4.78, 5) is 24.3. The van der Waals surface area contributed by atoms with E-state index in [1.165, 1.54) is 12.8 Å². The Labute approximate surface area is 106 Å². The number of hydrogen-bond donors (Lipinski definition) is 4. The molecular weight excluding hydrogens is 238 g/mol. The Kier molecular flexibility index (Phi) is 5.87. The van der Waals surface area contributed by atoms with Crippen molar-refractivity contribution < 1.29 is 19.8 Å². The van der Waals surface area contributed by atoms with Crippen LogP contribution in [0.4, 0.5) is 4.79 Å². The van der Waals surface area contributed by atoms with Crippen molar-refractivity contribution in [2.45, 2.75) is 31.3 Å². The second-order valence-corrected chi connectivity index (χ2v) is 4.52. The molecule has 0 aromatic carbocycles. The Hall–Kier alpha value is -1.34. The van der Waals surface area contributed by atoms with Crippen LogP contribution in [-0.2, 0) is 4.79 Å². The number of nitrogens with one attached hydrogen (secondary N) is 2. The summed E-state index contributed by atoms with van der Waals surface area (Å²) in [6, 6.07) is -0.924. The van der Waals surface area contributed by atoms with Crippen LogP contribution >= 0.6 is 0 Å². The van der Waals surface area contributed by atoms with Gasteiger partial charge in [0.25, 0.3) is 0 Å². The summed E-state index contributed by atoms with van der Waals surface area (Å²) >= 11 is 0. The second kappa shape index (κ2) is 7.17. The number of urea groups is 1. The molecule has 0 radical (unpaired) electrons. The SMILES string of the molecule is CN(CCNC(=O)NC(CCO)C(=O)O)C1CC1. The molecule has 0 spiro atoms. The van der Waals surface area contributed by atoms with Crippen LogP contribution in [-0.4, -0.2) is 65.9 Å². The van der Waals surface area contributed by atoms with Gasteiger partial charge in [0.05, 0.1) is 0 Å². The Bertz CT molecular complexity index is 294. The molecule has 1 unspecified atom stereocenters. The van der Waals surface area contributed by atoms with Crippen molar-refractivity contribution in [2.75, 3.05) is 26.7 Å². The number of aliphatic hydroxyl groups excluding tert-OH is 1. The van der Waals surface area contributed by atoms with Crippen molar-refractivity contribution in [2.24, 2.45) is 0 Å². The minimum atomic E-state index is -1.14. The molecule has 1 fully saturated rings. The fraction of sp³-hybridized carbons (Fsp3) is 0.818. The quantitative estimate of drug-likeness (QED) is 0.458. The van der Waals surface area contributed by atoms with Gasteiger partial charge in [0.1, 0.15) is 6.04 Å². The molecule has 18 heavy (non-hydrogen) atoms. The van der Waals surface area contributed by atoms with Crippen molar-refractivity contribution in [3.63, 3.8) is 0 Å². The summed E-state index contributed by atoms with van der Waals surface area (Å²) in [7, 11) is 2.00. The first kappa shape index (κ1) is 14.7. The molecule has 0 heterocycles. The third-order valence-corrected chi connectivity index (χ3v) is 2.94. The second-order valence-electron chi connectivity index (χ2n) is 4.52. The number of carboxylic acid groups (broad SMARTS) is 1. The van der Waals surface area contributed by atoms with E-state index in [1.54, 1.807) is 0 Å². The maximum atomic E-state index is 11.4. The zero-order valence-electron chi connectivity index (χ0n) is 10.6. The third kappa shape index (κ3) is 5.33. The van der Waals surface area contributed by atoms with Crippen molar-refractivity contribution >= 4 is 12.0 Å². The highest BCUT2D eigenvalue weighted by Crippen LogP contribution is 2.24. The van der Waals surface area contributed by atoms with Crippen molar-refractivity contribution in [1.82, 2.24) is 15.5 Å². The molecule has 0 aliphatic heterocycles. The minimum absolute atomic E-state index is 0.00469. The van der Waals surface area contributed by atoms with Crippen LogP contribution in [0.2, 0.25) is 0 Å². The lowest BCUT2D eigenvalue weighted by atomic mass is 10.2. The van der Waals surface area contributed by atoms with Gasteiger partial charge in [0.15, 0.2) is 0 Å². The molecule has 104 valence electrons. The standard InChI is InChI=1S/C11H21N3O4/c1-14(8-2-3-8)6-5-12-11(18)13-9(4-7-15)10(16)17/h8-9,15H,2-7H2,1H3,(H,16,17)(H2,12,13,18). The zero-order chi connectivity index (χ0) is 13.5. The molecule has 0 aromatic heterocycles. The molecule has 4 N–H and O–H groups in total. The summed E-state index contributed by atoms with van der Waals surface area (Å²) in [6.07, 6.45) is 2.42. The van der Waals surface area contributed by atoms with Crippen LogP contribution in [0, 0.1) is 0 Å². The van der Waals surface area contributed by atoms with E-state index in [1.807, 2.05) is 7.05 Å². The Morgan fingerprint density at radius 1 is 1.44 bits per heavy atom. The molecule has 1 aliphatic rings. The number of carbonyl (C=O) groups is 2. The van der Waals surface area contributed by atoms with E-state index in [2.05, 4.69) is 15.5 Å². The molecule has 2 amide bonds. The molecule has 7 nitrogen and oxygen atoms in total. The number of carbonyl (C=O) groups excluding carboxylic acids is 1. The number of nitrogens with zero attached hydrogens (tertiary/aromatic N) is 1. The smallest absolute Gasteiger partial charge is 0.326 e. The molecule has 7 heteroatoms. The molecule has 1 saturated carbocycles. The van der Waals surface area contributed by atoms with E-state index in [-0.39, 0.29) is 13.0 Å². The Morgan fingerprint density at radius 2 is 2.11 bits per heavy atom. The Morgan fingerprint density at radius 3 is 2.61 bits per heavy atom. The summed E-state index contributed by atoms with van der Waals surface area (Å²) in [5, 5.41) is 22.4. The summed E-state index contributed by atoms with van der Waals surface area (Å²) in [5.74, 6) is -1.14. The molecule has 0 aromatic rings. The first-order chi connectivity index (χ1) is 8.54. The van der Waals surface area contributed by atoms with Gasteiger partial charge in [-0.1, -0.05) is 0 Å². The van der Waals surface area contributed by atoms with Crippen LogP contribution < -0.4 is 10.6 Å². The fourth-order valence-corrected chi connectivity index (χ4v) is 1.64. The third-order valence-electron chi connectivity index (χ3n) is 2.94. The topological polar surface area (TPSA) is 102 Å². The molecule has 0 bridgehead atoms. The molecule has 1 atom stereocenters. The average molecular weight is 259 g/mol. The number of carboxylic acids is 1.